The highest BCUT2D eigenvalue weighted by molar-refractivity contribution is 6.13. The largest absolute Gasteiger partial charge is 0.307 e. The second kappa shape index (κ2) is 22.7. The molecule has 0 unspecified atom stereocenters. The van der Waals surface area contributed by atoms with Crippen molar-refractivity contribution in [3.05, 3.63) is 301 Å². The Kier molecular flexibility index (Phi) is 13.8. The summed E-state index contributed by atoms with van der Waals surface area (Å²) in [5, 5.41) is 4.82. The fraction of sp³-hybridized carbons (Fsp3) is 0.167. The average molecular weight is 1350 g/mol. The van der Waals surface area contributed by atoms with Crippen molar-refractivity contribution in [3.8, 4) is 67.3 Å². The van der Waals surface area contributed by atoms with Crippen molar-refractivity contribution >= 4 is 99.3 Å². The van der Waals surface area contributed by atoms with Gasteiger partial charge in [0, 0.05) is 21.5 Å². The standard InChI is InChI=1S/C96H82N8/c1-93(2,3)67-37-45-77-71(53-67)72-54-68(94(4,5)6)38-46-78(72)99(77)87-57-88(100-79-47-39-69(95(7,8)9)55-73(79)74-56-70(96(10,11)12)40-48-80(74)100)90(102-82-44-36-66(62-31-23-16-24-32-62)52-86(82)104-84-50-64(60-27-19-14-20-28-60)34-42-76(84)98-92(102)104)58-89(87)101-81-43-35-65(61-29-21-15-22-30-61)51-85(81)103-83-49-63(59-25-17-13-18-26-59)33-41-75(83)97-91(101)103/h13-58H,1-12H3. The van der Waals surface area contributed by atoms with Crippen LogP contribution >= 0.6 is 0 Å². The van der Waals surface area contributed by atoms with E-state index in [4.69, 9.17) is 9.97 Å². The highest BCUT2D eigenvalue weighted by atomic mass is 15.2. The summed E-state index contributed by atoms with van der Waals surface area (Å²) in [6.45, 7) is 28.0. The molecule has 0 N–H and O–H groups in total. The lowest BCUT2D eigenvalue weighted by Gasteiger charge is -2.23. The predicted octanol–water partition coefficient (Wildman–Crippen LogP) is 25.2. The minimum absolute atomic E-state index is 0.120. The van der Waals surface area contributed by atoms with E-state index in [1.807, 2.05) is 0 Å². The van der Waals surface area contributed by atoms with Crippen molar-refractivity contribution in [1.29, 1.82) is 0 Å². The molecule has 0 atom stereocenters. The first-order valence-electron chi connectivity index (χ1n) is 36.6. The average Bonchev–Trinajstić information content (AvgIpc) is 1.53. The van der Waals surface area contributed by atoms with Crippen LogP contribution in [0.25, 0.3) is 167 Å². The second-order valence-electron chi connectivity index (χ2n) is 32.9. The van der Waals surface area contributed by atoms with Gasteiger partial charge in [0.1, 0.15) is 0 Å². The van der Waals surface area contributed by atoms with E-state index in [0.717, 1.165) is 145 Å². The van der Waals surface area contributed by atoms with Gasteiger partial charge in [-0.3, -0.25) is 17.9 Å². The van der Waals surface area contributed by atoms with Gasteiger partial charge in [-0.15, -0.1) is 0 Å². The first-order chi connectivity index (χ1) is 50.1. The van der Waals surface area contributed by atoms with Crippen LogP contribution in [-0.2, 0) is 21.7 Å². The zero-order valence-electron chi connectivity index (χ0n) is 61.1. The van der Waals surface area contributed by atoms with Crippen molar-refractivity contribution in [2.24, 2.45) is 0 Å². The van der Waals surface area contributed by atoms with Crippen LogP contribution in [0.15, 0.2) is 279 Å². The van der Waals surface area contributed by atoms with Gasteiger partial charge in [-0.2, -0.15) is 0 Å². The molecule has 0 aliphatic rings. The number of imidazole rings is 4. The Bertz CT molecular complexity index is 6170. The summed E-state index contributed by atoms with van der Waals surface area (Å²) in [5.41, 5.74) is 30.0. The quantitative estimate of drug-likeness (QED) is 0.152. The molecule has 19 rings (SSSR count). The summed E-state index contributed by atoms with van der Waals surface area (Å²) in [7, 11) is 0. The van der Waals surface area contributed by atoms with Crippen molar-refractivity contribution in [2.75, 3.05) is 0 Å². The Morgan fingerprint density at radius 3 is 0.731 bits per heavy atom. The SMILES string of the molecule is CC(C)(C)c1ccc2c(c1)c1cc(C(C)(C)C)ccc1n2-c1cc(-n2c3ccc(C(C)(C)C)cc3c3cc(C(C)(C)C)ccc32)c(-n2c3ccc(-c4ccccc4)cc3n3c4cc(-c5ccccc5)ccc4nc23)cc1-n1c2ccc(-c3ccccc3)cc2n2c3cc(-c4ccccc4)ccc3nc12. The summed E-state index contributed by atoms with van der Waals surface area (Å²) in [4.78, 5) is 11.8. The lowest BCUT2D eigenvalue weighted by atomic mass is 9.85. The predicted molar refractivity (Wildman–Crippen MR) is 438 cm³/mol. The van der Waals surface area contributed by atoms with E-state index >= 15 is 0 Å². The highest BCUT2D eigenvalue weighted by Crippen LogP contribution is 2.47. The molecule has 0 spiro atoms. The van der Waals surface area contributed by atoms with Gasteiger partial charge in [0.2, 0.25) is 11.6 Å². The third kappa shape index (κ3) is 9.93. The molecule has 13 aromatic carbocycles. The zero-order chi connectivity index (χ0) is 71.0. The molecule has 8 heteroatoms. The molecule has 0 aliphatic carbocycles. The summed E-state index contributed by atoms with van der Waals surface area (Å²) >= 11 is 0. The fourth-order valence-electron chi connectivity index (χ4n) is 16.3. The molecule has 0 amide bonds. The molecular weight excluding hydrogens is 1270 g/mol. The van der Waals surface area contributed by atoms with Crippen LogP contribution in [0, 0.1) is 0 Å². The number of hydrogen-bond donors (Lipinski definition) is 0. The van der Waals surface area contributed by atoms with Crippen LogP contribution in [0.3, 0.4) is 0 Å². The smallest absolute Gasteiger partial charge is 0.220 e. The Hall–Kier alpha value is -12.0. The van der Waals surface area contributed by atoms with Gasteiger partial charge in [0.25, 0.3) is 0 Å². The molecule has 0 aliphatic heterocycles. The lowest BCUT2D eigenvalue weighted by Crippen LogP contribution is -2.12. The monoisotopic (exact) mass is 1350 g/mol. The zero-order valence-corrected chi connectivity index (χ0v) is 61.1. The number of aromatic nitrogens is 8. The molecular formula is C96H82N8. The minimum atomic E-state index is -0.120. The van der Waals surface area contributed by atoms with E-state index in [1.165, 1.54) is 43.8 Å². The molecule has 8 nitrogen and oxygen atoms in total. The Labute approximate surface area is 606 Å². The minimum Gasteiger partial charge on any atom is -0.307 e. The molecule has 0 radical (unpaired) electrons. The maximum atomic E-state index is 5.88. The Balaban J connectivity index is 1.04. The van der Waals surface area contributed by atoms with E-state index < -0.39 is 0 Å². The van der Waals surface area contributed by atoms with E-state index in [-0.39, 0.29) is 21.7 Å². The van der Waals surface area contributed by atoms with E-state index in [1.54, 1.807) is 0 Å². The highest BCUT2D eigenvalue weighted by Gasteiger charge is 2.32. The van der Waals surface area contributed by atoms with Gasteiger partial charge in [-0.05, 0) is 198 Å². The van der Waals surface area contributed by atoms with Gasteiger partial charge >= 0.3 is 0 Å². The van der Waals surface area contributed by atoms with Crippen LogP contribution in [0.4, 0.5) is 0 Å². The third-order valence-corrected chi connectivity index (χ3v) is 22.0. The van der Waals surface area contributed by atoms with Crippen LogP contribution in [0.2, 0.25) is 0 Å². The number of hydrogen-bond acceptors (Lipinski definition) is 2. The number of nitrogens with zero attached hydrogens (tertiary/aromatic N) is 8. The lowest BCUT2D eigenvalue weighted by molar-refractivity contribution is 0.590. The van der Waals surface area contributed by atoms with Crippen LogP contribution in [0.1, 0.15) is 105 Å². The second-order valence-corrected chi connectivity index (χ2v) is 32.9. The normalized spacial score (nSPS) is 12.8. The summed E-state index contributed by atoms with van der Waals surface area (Å²) in [5.74, 6) is 1.60. The molecule has 506 valence electrons. The third-order valence-electron chi connectivity index (χ3n) is 22.0. The van der Waals surface area contributed by atoms with Crippen LogP contribution < -0.4 is 0 Å². The molecule has 19 aromatic rings. The van der Waals surface area contributed by atoms with Crippen molar-refractivity contribution in [2.45, 2.75) is 105 Å². The molecule has 6 heterocycles. The number of benzene rings is 13. The van der Waals surface area contributed by atoms with E-state index in [0.29, 0.717) is 0 Å². The van der Waals surface area contributed by atoms with Crippen molar-refractivity contribution < 1.29 is 0 Å². The van der Waals surface area contributed by atoms with Gasteiger partial charge < -0.3 is 9.13 Å². The fourth-order valence-corrected chi connectivity index (χ4v) is 16.3. The van der Waals surface area contributed by atoms with Gasteiger partial charge in [-0.25, -0.2) is 9.97 Å². The van der Waals surface area contributed by atoms with E-state index in [9.17, 15) is 0 Å². The van der Waals surface area contributed by atoms with Crippen molar-refractivity contribution in [3.63, 3.8) is 0 Å². The summed E-state index contributed by atoms with van der Waals surface area (Å²) in [6.07, 6.45) is 0. The summed E-state index contributed by atoms with van der Waals surface area (Å²) in [6, 6.07) is 105. The van der Waals surface area contributed by atoms with Gasteiger partial charge in [0.15, 0.2) is 0 Å². The molecule has 0 saturated carbocycles. The molecule has 6 aromatic heterocycles. The summed E-state index contributed by atoms with van der Waals surface area (Å²) < 4.78 is 14.9. The maximum Gasteiger partial charge on any atom is 0.220 e. The molecule has 0 saturated heterocycles. The Morgan fingerprint density at radius 1 is 0.202 bits per heavy atom. The number of rotatable bonds is 8. The van der Waals surface area contributed by atoms with Gasteiger partial charge in [-0.1, -0.05) is 253 Å². The maximum absolute atomic E-state index is 5.88. The molecule has 104 heavy (non-hydrogen) atoms. The van der Waals surface area contributed by atoms with Crippen molar-refractivity contribution in [1.82, 2.24) is 37.0 Å². The topological polar surface area (TPSA) is 54.3 Å². The Morgan fingerprint density at radius 2 is 0.452 bits per heavy atom. The molecule has 0 bridgehead atoms. The van der Waals surface area contributed by atoms with Crippen LogP contribution in [0.5, 0.6) is 0 Å². The number of fused-ring (bicyclic) bond motifs is 16. The first-order valence-corrected chi connectivity index (χ1v) is 36.6. The molecule has 0 fully saturated rings. The van der Waals surface area contributed by atoms with Gasteiger partial charge in [0.05, 0.1) is 88.9 Å². The first kappa shape index (κ1) is 63.0. The van der Waals surface area contributed by atoms with Crippen LogP contribution in [-0.4, -0.2) is 37.0 Å². The van der Waals surface area contributed by atoms with E-state index in [2.05, 4.69) is 389 Å².